The Hall–Kier alpha value is -2.41. The number of anilines is 3. The lowest BCUT2D eigenvalue weighted by Crippen LogP contribution is -2.04. The van der Waals surface area contributed by atoms with Crippen LogP contribution in [0, 0.1) is 15.9 Å². The van der Waals surface area contributed by atoms with Crippen molar-refractivity contribution in [1.29, 1.82) is 0 Å². The van der Waals surface area contributed by atoms with Crippen LogP contribution in [-0.2, 0) is 0 Å². The number of nitrogens with zero attached hydrogens (tertiary/aromatic N) is 2. The molecule has 0 spiro atoms. The second-order valence-corrected chi connectivity index (χ2v) is 4.57. The van der Waals surface area contributed by atoms with E-state index in [0.717, 1.165) is 0 Å². The molecule has 8 heteroatoms. The fraction of sp³-hybridized carbons (Fsp3) is 0.154. The van der Waals surface area contributed by atoms with Crippen LogP contribution in [0.4, 0.5) is 27.4 Å². The van der Waals surface area contributed by atoms with Gasteiger partial charge in [-0.3, -0.25) is 10.1 Å². The van der Waals surface area contributed by atoms with Crippen LogP contribution in [-0.4, -0.2) is 16.5 Å². The predicted octanol–water partition coefficient (Wildman–Crippen LogP) is 3.96. The highest BCUT2D eigenvalue weighted by atomic mass is 35.5. The van der Waals surface area contributed by atoms with E-state index in [4.69, 9.17) is 11.6 Å². The molecule has 110 valence electrons. The van der Waals surface area contributed by atoms with Crippen molar-refractivity contribution in [2.75, 3.05) is 17.2 Å². The Balaban J connectivity index is 2.38. The Labute approximate surface area is 125 Å². The minimum atomic E-state index is -0.540. The Morgan fingerprint density at radius 3 is 2.71 bits per heavy atom. The molecule has 2 aromatic rings. The van der Waals surface area contributed by atoms with Crippen molar-refractivity contribution in [3.05, 3.63) is 51.3 Å². The number of benzene rings is 1. The number of hydrogen-bond donors (Lipinski definition) is 2. The fourth-order valence-electron chi connectivity index (χ4n) is 1.69. The molecule has 0 aliphatic heterocycles. The number of aromatic nitrogens is 1. The molecule has 0 bridgehead atoms. The Kier molecular flexibility index (Phi) is 4.54. The lowest BCUT2D eigenvalue weighted by molar-refractivity contribution is -0.384. The zero-order valence-corrected chi connectivity index (χ0v) is 11.8. The summed E-state index contributed by atoms with van der Waals surface area (Å²) in [5, 5.41) is 16.8. The van der Waals surface area contributed by atoms with Crippen molar-refractivity contribution in [3.8, 4) is 0 Å². The van der Waals surface area contributed by atoms with E-state index in [1.165, 1.54) is 30.3 Å². The number of halogens is 2. The van der Waals surface area contributed by atoms with Crippen molar-refractivity contribution >= 4 is 34.6 Å². The highest BCUT2D eigenvalue weighted by Gasteiger charge is 2.12. The number of nitro groups is 1. The minimum Gasteiger partial charge on any atom is -0.370 e. The average Bonchev–Trinajstić information content (AvgIpc) is 2.43. The van der Waals surface area contributed by atoms with Crippen LogP contribution in [0.2, 0.25) is 5.02 Å². The van der Waals surface area contributed by atoms with E-state index in [-0.39, 0.29) is 17.2 Å². The molecule has 2 N–H and O–H groups in total. The Bertz CT molecular complexity index is 681. The number of pyridine rings is 1. The molecule has 0 amide bonds. The molecule has 2 rings (SSSR count). The summed E-state index contributed by atoms with van der Waals surface area (Å²) in [5.41, 5.74) is -0.0520. The van der Waals surface area contributed by atoms with E-state index in [9.17, 15) is 14.5 Å². The van der Waals surface area contributed by atoms with Crippen molar-refractivity contribution in [2.45, 2.75) is 6.92 Å². The van der Waals surface area contributed by atoms with Crippen molar-refractivity contribution in [3.63, 3.8) is 0 Å². The van der Waals surface area contributed by atoms with Gasteiger partial charge < -0.3 is 10.6 Å². The van der Waals surface area contributed by atoms with Gasteiger partial charge in [-0.25, -0.2) is 9.37 Å². The van der Waals surface area contributed by atoms with Gasteiger partial charge in [0.2, 0.25) is 0 Å². The minimum absolute atomic E-state index is 0.0953. The largest absolute Gasteiger partial charge is 0.370 e. The molecule has 0 aliphatic rings. The third kappa shape index (κ3) is 3.79. The first-order valence-electron chi connectivity index (χ1n) is 6.12. The number of nitrogens with one attached hydrogen (secondary N) is 2. The first kappa shape index (κ1) is 15.0. The molecule has 0 saturated carbocycles. The summed E-state index contributed by atoms with van der Waals surface area (Å²) in [6.45, 7) is 2.39. The van der Waals surface area contributed by atoms with Crippen LogP contribution in [0.5, 0.6) is 0 Å². The summed E-state index contributed by atoms with van der Waals surface area (Å²) >= 11 is 5.80. The highest BCUT2D eigenvalue weighted by Crippen LogP contribution is 2.26. The summed E-state index contributed by atoms with van der Waals surface area (Å²) in [7, 11) is 0. The summed E-state index contributed by atoms with van der Waals surface area (Å²) in [4.78, 5) is 14.5. The molecule has 21 heavy (non-hydrogen) atoms. The van der Waals surface area contributed by atoms with Crippen LogP contribution in [0.15, 0.2) is 30.3 Å². The molecule has 0 atom stereocenters. The molecule has 0 aliphatic carbocycles. The van der Waals surface area contributed by atoms with Gasteiger partial charge >= 0.3 is 0 Å². The normalized spacial score (nSPS) is 10.2. The van der Waals surface area contributed by atoms with Gasteiger partial charge in [0, 0.05) is 11.6 Å². The maximum absolute atomic E-state index is 13.7. The molecule has 0 radical (unpaired) electrons. The highest BCUT2D eigenvalue weighted by molar-refractivity contribution is 6.30. The van der Waals surface area contributed by atoms with Gasteiger partial charge in [0.1, 0.15) is 17.5 Å². The second-order valence-electron chi connectivity index (χ2n) is 4.13. The van der Waals surface area contributed by atoms with E-state index in [1.807, 2.05) is 6.92 Å². The molecular weight excluding hydrogens is 299 g/mol. The van der Waals surface area contributed by atoms with Gasteiger partial charge in [-0.05, 0) is 25.1 Å². The molecule has 1 aromatic carbocycles. The quantitative estimate of drug-likeness (QED) is 0.645. The summed E-state index contributed by atoms with van der Waals surface area (Å²) in [6.07, 6.45) is 0. The van der Waals surface area contributed by atoms with E-state index in [1.54, 1.807) is 0 Å². The van der Waals surface area contributed by atoms with Crippen LogP contribution in [0.25, 0.3) is 0 Å². The number of rotatable bonds is 5. The van der Waals surface area contributed by atoms with E-state index in [2.05, 4.69) is 15.6 Å². The first-order valence-corrected chi connectivity index (χ1v) is 6.50. The average molecular weight is 311 g/mol. The van der Waals surface area contributed by atoms with Gasteiger partial charge in [-0.15, -0.1) is 0 Å². The molecule has 0 fully saturated rings. The third-order valence-electron chi connectivity index (χ3n) is 2.57. The van der Waals surface area contributed by atoms with Crippen molar-refractivity contribution in [2.24, 2.45) is 0 Å². The summed E-state index contributed by atoms with van der Waals surface area (Å²) in [5.74, 6) is -0.0457. The molecule has 0 unspecified atom stereocenters. The topological polar surface area (TPSA) is 80.1 Å². The third-order valence-corrected chi connectivity index (χ3v) is 2.81. The van der Waals surface area contributed by atoms with Gasteiger partial charge in [0.25, 0.3) is 5.69 Å². The molecule has 1 aromatic heterocycles. The van der Waals surface area contributed by atoms with Crippen molar-refractivity contribution in [1.82, 2.24) is 4.98 Å². The maximum atomic E-state index is 13.7. The molecule has 6 nitrogen and oxygen atoms in total. The van der Waals surface area contributed by atoms with E-state index >= 15 is 0 Å². The van der Waals surface area contributed by atoms with Gasteiger partial charge in [0.05, 0.1) is 22.7 Å². The van der Waals surface area contributed by atoms with E-state index in [0.29, 0.717) is 17.4 Å². The van der Waals surface area contributed by atoms with Crippen LogP contribution >= 0.6 is 11.6 Å². The SMILES string of the molecule is CCNc1cc([N+](=O)[O-])cc(Nc2cc(Cl)ccc2F)n1. The molecule has 0 saturated heterocycles. The lowest BCUT2D eigenvalue weighted by atomic mass is 10.3. The lowest BCUT2D eigenvalue weighted by Gasteiger charge is -2.09. The zero-order valence-electron chi connectivity index (χ0n) is 11.1. The van der Waals surface area contributed by atoms with Crippen molar-refractivity contribution < 1.29 is 9.31 Å². The monoisotopic (exact) mass is 310 g/mol. The maximum Gasteiger partial charge on any atom is 0.276 e. The first-order chi connectivity index (χ1) is 9.99. The Morgan fingerprint density at radius 1 is 1.33 bits per heavy atom. The van der Waals surface area contributed by atoms with Gasteiger partial charge in [-0.2, -0.15) is 0 Å². The van der Waals surface area contributed by atoms with Crippen LogP contribution in [0.1, 0.15) is 6.92 Å². The zero-order chi connectivity index (χ0) is 15.4. The molecule has 1 heterocycles. The van der Waals surface area contributed by atoms with E-state index < -0.39 is 10.7 Å². The predicted molar refractivity (Wildman–Crippen MR) is 79.7 cm³/mol. The second kappa shape index (κ2) is 6.36. The fourth-order valence-corrected chi connectivity index (χ4v) is 1.86. The van der Waals surface area contributed by atoms with Crippen LogP contribution in [0.3, 0.4) is 0 Å². The molecular formula is C13H12ClFN4O2. The smallest absolute Gasteiger partial charge is 0.276 e. The van der Waals surface area contributed by atoms with Gasteiger partial charge in [-0.1, -0.05) is 11.6 Å². The van der Waals surface area contributed by atoms with Gasteiger partial charge in [0.15, 0.2) is 0 Å². The summed E-state index contributed by atoms with van der Waals surface area (Å²) in [6, 6.07) is 6.52. The van der Waals surface area contributed by atoms with Crippen LogP contribution < -0.4 is 10.6 Å². The summed E-state index contributed by atoms with van der Waals surface area (Å²) < 4.78 is 13.7. The number of hydrogen-bond acceptors (Lipinski definition) is 5. The Morgan fingerprint density at radius 2 is 2.05 bits per heavy atom. The standard InChI is InChI=1S/C13H12ClFN4O2/c1-2-16-12-6-9(19(20)21)7-13(18-12)17-11-5-8(14)3-4-10(11)15/h3-7H,2H2,1H3,(H2,16,17,18).